The van der Waals surface area contributed by atoms with Crippen LogP contribution in [0.15, 0.2) is 45.5 Å². The fraction of sp³-hybridized carbons (Fsp3) is 0.294. The second-order valence-corrected chi connectivity index (χ2v) is 5.49. The normalized spacial score (nSPS) is 13.8. The fourth-order valence-electron chi connectivity index (χ4n) is 2.95. The predicted molar refractivity (Wildman–Crippen MR) is 82.4 cm³/mol. The summed E-state index contributed by atoms with van der Waals surface area (Å²) in [6.07, 6.45) is 6.45. The van der Waals surface area contributed by atoms with Crippen molar-refractivity contribution in [3.05, 3.63) is 53.6 Å². The van der Waals surface area contributed by atoms with Crippen molar-refractivity contribution in [3.63, 3.8) is 0 Å². The van der Waals surface area contributed by atoms with E-state index in [2.05, 4.69) is 33.7 Å². The van der Waals surface area contributed by atoms with Gasteiger partial charge in [-0.05, 0) is 55.0 Å². The third-order valence-electron chi connectivity index (χ3n) is 4.04. The van der Waals surface area contributed by atoms with Crippen LogP contribution < -0.4 is 5.32 Å². The predicted octanol–water partition coefficient (Wildman–Crippen LogP) is 3.82. The van der Waals surface area contributed by atoms with Crippen LogP contribution in [0, 0.1) is 0 Å². The highest BCUT2D eigenvalue weighted by molar-refractivity contribution is 5.55. The first-order valence-corrected chi connectivity index (χ1v) is 7.61. The van der Waals surface area contributed by atoms with Gasteiger partial charge in [-0.1, -0.05) is 17.3 Å². The largest absolute Gasteiger partial charge is 0.461 e. The molecule has 0 bridgehead atoms. The van der Waals surface area contributed by atoms with E-state index in [1.54, 1.807) is 12.3 Å². The summed E-state index contributed by atoms with van der Waals surface area (Å²) in [6, 6.07) is 10.1. The molecule has 0 fully saturated rings. The highest BCUT2D eigenvalue weighted by Gasteiger charge is 2.14. The molecule has 5 heteroatoms. The van der Waals surface area contributed by atoms with Crippen molar-refractivity contribution in [2.24, 2.45) is 0 Å². The van der Waals surface area contributed by atoms with Crippen LogP contribution in [0.1, 0.15) is 29.9 Å². The molecule has 0 amide bonds. The standard InChI is InChI=1S/C17H17N3O2/c1-2-7-13-12(5-1)6-3-8-14(13)18-11-16-19-17(20-22-16)15-9-4-10-21-15/h3-4,6,8-10,18H,1-2,5,7,11H2. The SMILES string of the molecule is c1coc(-c2noc(CNc3cccc4c3CCCC4)n2)c1. The zero-order valence-corrected chi connectivity index (χ0v) is 12.2. The Morgan fingerprint density at radius 1 is 1.09 bits per heavy atom. The first-order chi connectivity index (χ1) is 10.9. The van der Waals surface area contributed by atoms with Crippen molar-refractivity contribution in [2.75, 3.05) is 5.32 Å². The fourth-order valence-corrected chi connectivity index (χ4v) is 2.95. The van der Waals surface area contributed by atoms with E-state index in [4.69, 9.17) is 8.94 Å². The van der Waals surface area contributed by atoms with Gasteiger partial charge in [0.25, 0.3) is 0 Å². The van der Waals surface area contributed by atoms with E-state index in [1.165, 1.54) is 36.1 Å². The number of aryl methyl sites for hydroxylation is 1. The van der Waals surface area contributed by atoms with Gasteiger partial charge in [0, 0.05) is 5.69 Å². The Hall–Kier alpha value is -2.56. The summed E-state index contributed by atoms with van der Waals surface area (Å²) in [5.41, 5.74) is 4.06. The van der Waals surface area contributed by atoms with Crippen LogP contribution in [-0.4, -0.2) is 10.1 Å². The minimum Gasteiger partial charge on any atom is -0.461 e. The summed E-state index contributed by atoms with van der Waals surface area (Å²) in [5, 5.41) is 7.36. The lowest BCUT2D eigenvalue weighted by Crippen LogP contribution is -2.08. The molecule has 0 radical (unpaired) electrons. The maximum Gasteiger partial charge on any atom is 0.246 e. The molecule has 0 saturated heterocycles. The Balaban J connectivity index is 1.49. The molecular weight excluding hydrogens is 278 g/mol. The molecule has 0 unspecified atom stereocenters. The van der Waals surface area contributed by atoms with Crippen LogP contribution in [0.2, 0.25) is 0 Å². The van der Waals surface area contributed by atoms with E-state index >= 15 is 0 Å². The molecule has 22 heavy (non-hydrogen) atoms. The van der Waals surface area contributed by atoms with Gasteiger partial charge in [-0.15, -0.1) is 0 Å². The number of benzene rings is 1. The van der Waals surface area contributed by atoms with Gasteiger partial charge < -0.3 is 14.3 Å². The van der Waals surface area contributed by atoms with Gasteiger partial charge in [0.15, 0.2) is 5.76 Å². The summed E-state index contributed by atoms with van der Waals surface area (Å²) in [7, 11) is 0. The highest BCUT2D eigenvalue weighted by Crippen LogP contribution is 2.28. The number of nitrogens with zero attached hydrogens (tertiary/aromatic N) is 2. The van der Waals surface area contributed by atoms with Crippen LogP contribution in [0.4, 0.5) is 5.69 Å². The molecule has 0 saturated carbocycles. The van der Waals surface area contributed by atoms with Crippen molar-refractivity contribution >= 4 is 5.69 Å². The van der Waals surface area contributed by atoms with E-state index < -0.39 is 0 Å². The van der Waals surface area contributed by atoms with Crippen molar-refractivity contribution in [2.45, 2.75) is 32.2 Å². The summed E-state index contributed by atoms with van der Waals surface area (Å²) in [4.78, 5) is 4.35. The molecule has 1 aliphatic rings. The molecule has 0 aliphatic heterocycles. The molecule has 2 heterocycles. The van der Waals surface area contributed by atoms with Gasteiger partial charge in [-0.25, -0.2) is 0 Å². The van der Waals surface area contributed by atoms with Gasteiger partial charge >= 0.3 is 0 Å². The molecule has 0 spiro atoms. The Morgan fingerprint density at radius 2 is 2.05 bits per heavy atom. The zero-order valence-electron chi connectivity index (χ0n) is 12.2. The zero-order chi connectivity index (χ0) is 14.8. The number of anilines is 1. The topological polar surface area (TPSA) is 64.1 Å². The van der Waals surface area contributed by atoms with Gasteiger partial charge in [0.1, 0.15) is 0 Å². The van der Waals surface area contributed by atoms with Crippen LogP contribution in [0.5, 0.6) is 0 Å². The number of rotatable bonds is 4. The average molecular weight is 295 g/mol. The molecular formula is C17H17N3O2. The number of fused-ring (bicyclic) bond motifs is 1. The monoisotopic (exact) mass is 295 g/mol. The Labute approximate surface area is 128 Å². The van der Waals surface area contributed by atoms with Crippen LogP contribution in [-0.2, 0) is 19.4 Å². The quantitative estimate of drug-likeness (QED) is 0.792. The molecule has 1 aliphatic carbocycles. The maximum atomic E-state index is 5.27. The molecule has 1 N–H and O–H groups in total. The molecule has 5 nitrogen and oxygen atoms in total. The van der Waals surface area contributed by atoms with E-state index in [1.807, 2.05) is 6.07 Å². The summed E-state index contributed by atoms with van der Waals surface area (Å²) >= 11 is 0. The lowest BCUT2D eigenvalue weighted by molar-refractivity contribution is 0.382. The molecule has 1 aromatic carbocycles. The van der Waals surface area contributed by atoms with Gasteiger partial charge in [0.05, 0.1) is 12.8 Å². The Bertz CT molecular complexity index is 762. The summed E-state index contributed by atoms with van der Waals surface area (Å²) in [5.74, 6) is 1.66. The van der Waals surface area contributed by atoms with E-state index in [0.717, 1.165) is 6.42 Å². The lowest BCUT2D eigenvalue weighted by atomic mass is 9.90. The number of nitrogens with one attached hydrogen (secondary N) is 1. The van der Waals surface area contributed by atoms with Crippen molar-refractivity contribution < 1.29 is 8.94 Å². The minimum atomic E-state index is 0.483. The minimum absolute atomic E-state index is 0.483. The van der Waals surface area contributed by atoms with Crippen LogP contribution >= 0.6 is 0 Å². The number of hydrogen-bond acceptors (Lipinski definition) is 5. The summed E-state index contributed by atoms with van der Waals surface area (Å²) in [6.45, 7) is 0.518. The first-order valence-electron chi connectivity index (χ1n) is 7.61. The third kappa shape index (κ3) is 2.50. The van der Waals surface area contributed by atoms with Gasteiger partial charge in [0.2, 0.25) is 11.7 Å². The number of furan rings is 1. The van der Waals surface area contributed by atoms with Crippen LogP contribution in [0.3, 0.4) is 0 Å². The molecule has 0 atom stereocenters. The van der Waals surface area contributed by atoms with E-state index in [-0.39, 0.29) is 0 Å². The average Bonchev–Trinajstić information content (AvgIpc) is 3.24. The van der Waals surface area contributed by atoms with Crippen molar-refractivity contribution in [1.82, 2.24) is 10.1 Å². The Kier molecular flexibility index (Phi) is 3.39. The third-order valence-corrected chi connectivity index (χ3v) is 4.04. The van der Waals surface area contributed by atoms with Crippen molar-refractivity contribution in [3.8, 4) is 11.6 Å². The molecule has 112 valence electrons. The lowest BCUT2D eigenvalue weighted by Gasteiger charge is -2.19. The highest BCUT2D eigenvalue weighted by atomic mass is 16.5. The maximum absolute atomic E-state index is 5.27. The summed E-state index contributed by atoms with van der Waals surface area (Å²) < 4.78 is 10.5. The van der Waals surface area contributed by atoms with Gasteiger partial charge in [-0.2, -0.15) is 4.98 Å². The molecule has 2 aromatic heterocycles. The van der Waals surface area contributed by atoms with E-state index in [9.17, 15) is 0 Å². The van der Waals surface area contributed by atoms with Crippen LogP contribution in [0.25, 0.3) is 11.6 Å². The van der Waals surface area contributed by atoms with Crippen molar-refractivity contribution in [1.29, 1.82) is 0 Å². The number of aromatic nitrogens is 2. The Morgan fingerprint density at radius 3 is 2.95 bits per heavy atom. The van der Waals surface area contributed by atoms with Gasteiger partial charge in [-0.3, -0.25) is 0 Å². The second kappa shape index (κ2) is 5.67. The smallest absolute Gasteiger partial charge is 0.246 e. The number of hydrogen-bond donors (Lipinski definition) is 1. The molecule has 4 rings (SSSR count). The second-order valence-electron chi connectivity index (χ2n) is 5.49. The first kappa shape index (κ1) is 13.1. The van der Waals surface area contributed by atoms with E-state index in [0.29, 0.717) is 24.0 Å². The molecule has 3 aromatic rings.